The van der Waals surface area contributed by atoms with Gasteiger partial charge in [-0.2, -0.15) is 0 Å². The molecular weight excluding hydrogens is 617 g/mol. The van der Waals surface area contributed by atoms with Crippen molar-refractivity contribution in [3.63, 3.8) is 0 Å². The molecule has 0 aliphatic carbocycles. The molecule has 0 saturated heterocycles. The first kappa shape index (κ1) is 28.2. The van der Waals surface area contributed by atoms with Crippen molar-refractivity contribution in [3.8, 4) is 33.4 Å². The molecule has 1 nitrogen and oxygen atoms in total. The molecule has 0 unspecified atom stereocenters. The second-order valence-electron chi connectivity index (χ2n) is 13.6. The van der Waals surface area contributed by atoms with E-state index in [-0.39, 0.29) is 0 Å². The molecule has 0 fully saturated rings. The fraction of sp³-hybridized carbons (Fsp3) is 0. The van der Waals surface area contributed by atoms with Crippen molar-refractivity contribution in [2.24, 2.45) is 0 Å². The molecule has 0 aliphatic rings. The normalized spacial score (nSPS) is 11.9. The quantitative estimate of drug-likeness (QED) is 0.174. The number of hydrogen-bond acceptors (Lipinski definition) is 1. The second kappa shape index (κ2) is 10.9. The van der Waals surface area contributed by atoms with Crippen molar-refractivity contribution in [3.05, 3.63) is 182 Å². The highest BCUT2D eigenvalue weighted by atomic mass is 16.3. The van der Waals surface area contributed by atoms with E-state index in [0.717, 1.165) is 32.7 Å². The Morgan fingerprint density at radius 1 is 0.255 bits per heavy atom. The van der Waals surface area contributed by atoms with E-state index >= 15 is 0 Å². The Morgan fingerprint density at radius 3 is 1.43 bits per heavy atom. The third-order valence-electron chi connectivity index (χ3n) is 10.8. The maximum atomic E-state index is 6.73. The predicted molar refractivity (Wildman–Crippen MR) is 218 cm³/mol. The van der Waals surface area contributed by atoms with Gasteiger partial charge in [-0.3, -0.25) is 0 Å². The Labute approximate surface area is 294 Å². The summed E-state index contributed by atoms with van der Waals surface area (Å²) in [6, 6.07) is 66.3. The molecule has 1 heterocycles. The van der Waals surface area contributed by atoms with Gasteiger partial charge in [0, 0.05) is 21.5 Å². The third-order valence-corrected chi connectivity index (χ3v) is 10.8. The smallest absolute Gasteiger partial charge is 0.143 e. The molecule has 0 atom stereocenters. The summed E-state index contributed by atoms with van der Waals surface area (Å²) in [5, 5.41) is 14.5. The summed E-state index contributed by atoms with van der Waals surface area (Å²) in [6.07, 6.45) is 0. The van der Waals surface area contributed by atoms with Gasteiger partial charge in [-0.15, -0.1) is 0 Å². The topological polar surface area (TPSA) is 13.1 Å². The van der Waals surface area contributed by atoms with Gasteiger partial charge >= 0.3 is 0 Å². The highest BCUT2D eigenvalue weighted by Crippen LogP contribution is 2.46. The van der Waals surface area contributed by atoms with Crippen LogP contribution in [0.15, 0.2) is 186 Å². The van der Waals surface area contributed by atoms with Crippen molar-refractivity contribution in [2.75, 3.05) is 0 Å². The van der Waals surface area contributed by atoms with Crippen molar-refractivity contribution in [1.29, 1.82) is 0 Å². The maximum Gasteiger partial charge on any atom is 0.143 e. The molecule has 236 valence electrons. The van der Waals surface area contributed by atoms with E-state index in [9.17, 15) is 0 Å². The van der Waals surface area contributed by atoms with Gasteiger partial charge in [0.2, 0.25) is 0 Å². The summed E-state index contributed by atoms with van der Waals surface area (Å²) in [5.41, 5.74) is 9.27. The molecule has 11 rings (SSSR count). The lowest BCUT2D eigenvalue weighted by molar-refractivity contribution is 0.676. The summed E-state index contributed by atoms with van der Waals surface area (Å²) in [5.74, 6) is 0. The van der Waals surface area contributed by atoms with E-state index < -0.39 is 0 Å². The number of fused-ring (bicyclic) bond motifs is 10. The minimum absolute atomic E-state index is 0.942. The van der Waals surface area contributed by atoms with Crippen LogP contribution in [0.4, 0.5) is 0 Å². The van der Waals surface area contributed by atoms with E-state index in [1.165, 1.54) is 76.5 Å². The van der Waals surface area contributed by atoms with Crippen molar-refractivity contribution in [1.82, 2.24) is 0 Å². The summed E-state index contributed by atoms with van der Waals surface area (Å²) >= 11 is 0. The molecule has 10 aromatic carbocycles. The largest absolute Gasteiger partial charge is 0.455 e. The third kappa shape index (κ3) is 4.22. The predicted octanol–water partition coefficient (Wildman–Crippen LogP) is 14.4. The van der Waals surface area contributed by atoms with Crippen LogP contribution in [0.25, 0.3) is 109 Å². The minimum Gasteiger partial charge on any atom is -0.455 e. The van der Waals surface area contributed by atoms with Crippen LogP contribution in [-0.2, 0) is 0 Å². The highest BCUT2D eigenvalue weighted by molar-refractivity contribution is 6.24. The van der Waals surface area contributed by atoms with Gasteiger partial charge < -0.3 is 4.42 Å². The molecule has 11 aromatic rings. The first-order valence-electron chi connectivity index (χ1n) is 17.6. The second-order valence-corrected chi connectivity index (χ2v) is 13.6. The van der Waals surface area contributed by atoms with Gasteiger partial charge in [-0.05, 0) is 101 Å². The van der Waals surface area contributed by atoms with E-state index in [4.69, 9.17) is 4.42 Å². The zero-order valence-corrected chi connectivity index (χ0v) is 27.7. The van der Waals surface area contributed by atoms with Crippen LogP contribution in [0.1, 0.15) is 0 Å². The molecule has 0 amide bonds. The Hall–Kier alpha value is -6.70. The molecule has 51 heavy (non-hydrogen) atoms. The van der Waals surface area contributed by atoms with E-state index in [2.05, 4.69) is 182 Å². The van der Waals surface area contributed by atoms with Crippen LogP contribution in [0.5, 0.6) is 0 Å². The Kier molecular flexibility index (Phi) is 6.02. The Bertz CT molecular complexity index is 3130. The molecule has 0 radical (unpaired) electrons. The van der Waals surface area contributed by atoms with E-state index in [0.29, 0.717) is 0 Å². The Morgan fingerprint density at radius 2 is 0.725 bits per heavy atom. The van der Waals surface area contributed by atoms with Gasteiger partial charge in [-0.25, -0.2) is 0 Å². The van der Waals surface area contributed by atoms with Crippen LogP contribution in [0, 0.1) is 0 Å². The number of hydrogen-bond donors (Lipinski definition) is 0. The molecule has 1 heteroatoms. The monoisotopic (exact) mass is 646 g/mol. The van der Waals surface area contributed by atoms with Crippen LogP contribution in [0.3, 0.4) is 0 Å². The van der Waals surface area contributed by atoms with Crippen LogP contribution < -0.4 is 0 Å². The van der Waals surface area contributed by atoms with Crippen molar-refractivity contribution < 1.29 is 4.42 Å². The average molecular weight is 647 g/mol. The summed E-state index contributed by atoms with van der Waals surface area (Å²) in [4.78, 5) is 0. The van der Waals surface area contributed by atoms with Crippen LogP contribution >= 0.6 is 0 Å². The van der Waals surface area contributed by atoms with Crippen molar-refractivity contribution >= 4 is 75.8 Å². The fourth-order valence-corrected chi connectivity index (χ4v) is 8.49. The first-order chi connectivity index (χ1) is 25.3. The van der Waals surface area contributed by atoms with Gasteiger partial charge in [0.25, 0.3) is 0 Å². The number of furan rings is 1. The minimum atomic E-state index is 0.942. The molecule has 0 N–H and O–H groups in total. The van der Waals surface area contributed by atoms with Gasteiger partial charge in [0.15, 0.2) is 0 Å². The van der Waals surface area contributed by atoms with E-state index in [1.54, 1.807) is 0 Å². The lowest BCUT2D eigenvalue weighted by Gasteiger charge is -2.19. The SMILES string of the molecule is c1cc(-c2ccc3ccc4c5ccc6ccccc6c5oc4c3c2)cc(-c2c3ccccc3c(-c3cccc4ccccc34)c3ccccc23)c1. The first-order valence-corrected chi connectivity index (χ1v) is 17.6. The summed E-state index contributed by atoms with van der Waals surface area (Å²) < 4.78 is 6.73. The lowest BCUT2D eigenvalue weighted by Crippen LogP contribution is -1.92. The lowest BCUT2D eigenvalue weighted by atomic mass is 9.84. The number of benzene rings is 10. The molecule has 0 bridgehead atoms. The molecule has 1 aromatic heterocycles. The Balaban J connectivity index is 1.13. The van der Waals surface area contributed by atoms with E-state index in [1.807, 2.05) is 0 Å². The van der Waals surface area contributed by atoms with Crippen LogP contribution in [-0.4, -0.2) is 0 Å². The molecule has 0 aliphatic heterocycles. The van der Waals surface area contributed by atoms with Crippen LogP contribution in [0.2, 0.25) is 0 Å². The summed E-state index contributed by atoms with van der Waals surface area (Å²) in [6.45, 7) is 0. The zero-order valence-electron chi connectivity index (χ0n) is 27.7. The molecule has 0 spiro atoms. The number of rotatable bonds is 3. The average Bonchev–Trinajstić information content (AvgIpc) is 3.60. The fourth-order valence-electron chi connectivity index (χ4n) is 8.49. The van der Waals surface area contributed by atoms with Gasteiger partial charge in [0.1, 0.15) is 11.2 Å². The van der Waals surface area contributed by atoms with Crippen molar-refractivity contribution in [2.45, 2.75) is 0 Å². The van der Waals surface area contributed by atoms with Gasteiger partial charge in [-0.1, -0.05) is 158 Å². The standard InChI is InChI=1S/C50H30O/c1-3-16-37-31(11-1)13-10-22-39(37)48-42-20-7-5-18-40(42)47(41-19-6-8-21-43(41)48)36-15-9-14-34(29-36)35-24-23-33-26-28-45-44-27-25-32-12-2-4-17-38(32)49(44)51-50(45)46(33)30-35/h1-30H. The summed E-state index contributed by atoms with van der Waals surface area (Å²) in [7, 11) is 0. The molecular formula is C50H30O. The highest BCUT2D eigenvalue weighted by Gasteiger charge is 2.19. The molecule has 0 saturated carbocycles. The maximum absolute atomic E-state index is 6.73. The zero-order chi connectivity index (χ0) is 33.5. The van der Waals surface area contributed by atoms with Gasteiger partial charge in [0.05, 0.1) is 0 Å².